The van der Waals surface area contributed by atoms with E-state index in [2.05, 4.69) is 37.0 Å². The lowest BCUT2D eigenvalue weighted by atomic mass is 10.1. The van der Waals surface area contributed by atoms with Gasteiger partial charge in [-0.15, -0.1) is 0 Å². The lowest BCUT2D eigenvalue weighted by Gasteiger charge is -2.01. The number of halogens is 2. The zero-order valence-corrected chi connectivity index (χ0v) is 10.3. The molecule has 0 aliphatic rings. The van der Waals surface area contributed by atoms with Crippen LogP contribution in [0.15, 0.2) is 33.9 Å². The van der Waals surface area contributed by atoms with Crippen LogP contribution >= 0.6 is 31.9 Å². The van der Waals surface area contributed by atoms with Gasteiger partial charge in [0.2, 0.25) is 0 Å². The van der Waals surface area contributed by atoms with E-state index in [1.54, 1.807) is 7.11 Å². The molecular formula is C9H9Br2NO. The molecule has 13 heavy (non-hydrogen) atoms. The van der Waals surface area contributed by atoms with Gasteiger partial charge in [0.15, 0.2) is 0 Å². The van der Waals surface area contributed by atoms with Gasteiger partial charge in [0.05, 0.1) is 5.71 Å². The minimum absolute atomic E-state index is 0.683. The molecule has 0 spiro atoms. The third-order valence-electron chi connectivity index (χ3n) is 1.51. The van der Waals surface area contributed by atoms with Crippen LogP contribution in [0.4, 0.5) is 0 Å². The topological polar surface area (TPSA) is 21.6 Å². The minimum Gasteiger partial charge on any atom is -0.399 e. The van der Waals surface area contributed by atoms with Crippen molar-refractivity contribution < 1.29 is 4.84 Å². The maximum absolute atomic E-state index is 4.73. The van der Waals surface area contributed by atoms with Crippen LogP contribution in [0.3, 0.4) is 0 Å². The Morgan fingerprint density at radius 1 is 1.38 bits per heavy atom. The average Bonchev–Trinajstić information content (AvgIpc) is 2.16. The fourth-order valence-corrected chi connectivity index (χ4v) is 1.60. The minimum atomic E-state index is 0.683. The van der Waals surface area contributed by atoms with E-state index >= 15 is 0 Å². The molecule has 70 valence electrons. The van der Waals surface area contributed by atoms with Crippen molar-refractivity contribution in [1.82, 2.24) is 0 Å². The van der Waals surface area contributed by atoms with E-state index in [9.17, 15) is 0 Å². The van der Waals surface area contributed by atoms with Gasteiger partial charge in [-0.1, -0.05) is 49.1 Å². The van der Waals surface area contributed by atoms with Crippen molar-refractivity contribution >= 4 is 37.6 Å². The zero-order chi connectivity index (χ0) is 9.68. The monoisotopic (exact) mass is 305 g/mol. The highest BCUT2D eigenvalue weighted by atomic mass is 79.9. The maximum Gasteiger partial charge on any atom is 0.106 e. The van der Waals surface area contributed by atoms with E-state index in [1.807, 2.05) is 24.3 Å². The summed E-state index contributed by atoms with van der Waals surface area (Å²) in [6.45, 7) is 0. The second kappa shape index (κ2) is 5.40. The second-order valence-corrected chi connectivity index (χ2v) is 3.84. The molecule has 0 saturated carbocycles. The molecule has 0 atom stereocenters. The number of oxime groups is 1. The summed E-state index contributed by atoms with van der Waals surface area (Å²) in [5.41, 5.74) is 1.94. The van der Waals surface area contributed by atoms with E-state index in [-0.39, 0.29) is 0 Å². The lowest BCUT2D eigenvalue weighted by molar-refractivity contribution is 0.213. The fourth-order valence-electron chi connectivity index (χ4n) is 0.907. The lowest BCUT2D eigenvalue weighted by Crippen LogP contribution is -2.02. The molecule has 1 aromatic rings. The molecule has 0 amide bonds. The number of hydrogen-bond donors (Lipinski definition) is 0. The van der Waals surface area contributed by atoms with Gasteiger partial charge < -0.3 is 4.84 Å². The number of hydrogen-bond acceptors (Lipinski definition) is 2. The van der Waals surface area contributed by atoms with Crippen molar-refractivity contribution in [3.05, 3.63) is 34.3 Å². The smallest absolute Gasteiger partial charge is 0.106 e. The normalized spacial score (nSPS) is 11.5. The number of alkyl halides is 1. The van der Waals surface area contributed by atoms with Crippen molar-refractivity contribution in [1.29, 1.82) is 0 Å². The Balaban J connectivity index is 2.92. The molecule has 0 aromatic heterocycles. The molecule has 0 bridgehead atoms. The van der Waals surface area contributed by atoms with E-state index in [4.69, 9.17) is 4.84 Å². The van der Waals surface area contributed by atoms with E-state index in [1.165, 1.54) is 0 Å². The molecule has 0 aliphatic heterocycles. The third-order valence-corrected chi connectivity index (χ3v) is 2.57. The molecular weight excluding hydrogens is 298 g/mol. The van der Waals surface area contributed by atoms with Gasteiger partial charge in [-0.25, -0.2) is 0 Å². The molecule has 0 saturated heterocycles. The SMILES string of the molecule is CO/N=C(/CBr)c1ccc(Br)cc1. The van der Waals surface area contributed by atoms with Crippen molar-refractivity contribution in [2.24, 2.45) is 5.16 Å². The Labute approximate surface area is 94.2 Å². The highest BCUT2D eigenvalue weighted by Crippen LogP contribution is 2.12. The van der Waals surface area contributed by atoms with Crippen LogP contribution < -0.4 is 0 Å². The first-order chi connectivity index (χ1) is 6.27. The highest BCUT2D eigenvalue weighted by Gasteiger charge is 2.01. The van der Waals surface area contributed by atoms with E-state index < -0.39 is 0 Å². The Bertz CT molecular complexity index is 295. The number of rotatable bonds is 3. The zero-order valence-electron chi connectivity index (χ0n) is 7.13. The number of benzene rings is 1. The first kappa shape index (κ1) is 10.7. The van der Waals surface area contributed by atoms with Crippen LogP contribution in [0, 0.1) is 0 Å². The third kappa shape index (κ3) is 3.12. The molecule has 1 rings (SSSR count). The summed E-state index contributed by atoms with van der Waals surface area (Å²) < 4.78 is 1.06. The standard InChI is InChI=1S/C9H9Br2NO/c1-13-12-9(6-10)7-2-4-8(11)5-3-7/h2-5H,6H2,1H3/b12-9-. The molecule has 0 radical (unpaired) electrons. The summed E-state index contributed by atoms with van der Waals surface area (Å²) >= 11 is 6.72. The Morgan fingerprint density at radius 3 is 2.46 bits per heavy atom. The maximum atomic E-state index is 4.73. The Kier molecular flexibility index (Phi) is 4.45. The van der Waals surface area contributed by atoms with Gasteiger partial charge >= 0.3 is 0 Å². The Hall–Kier alpha value is -0.350. The van der Waals surface area contributed by atoms with Crippen molar-refractivity contribution in [3.63, 3.8) is 0 Å². The van der Waals surface area contributed by atoms with Gasteiger partial charge in [-0.05, 0) is 12.1 Å². The van der Waals surface area contributed by atoms with Gasteiger partial charge in [0.25, 0.3) is 0 Å². The molecule has 2 nitrogen and oxygen atoms in total. The predicted molar refractivity (Wildman–Crippen MR) is 61.5 cm³/mol. The highest BCUT2D eigenvalue weighted by molar-refractivity contribution is 9.10. The van der Waals surface area contributed by atoms with E-state index in [0.29, 0.717) is 5.33 Å². The molecule has 4 heteroatoms. The van der Waals surface area contributed by atoms with Crippen LogP contribution in [0.5, 0.6) is 0 Å². The predicted octanol–water partition coefficient (Wildman–Crippen LogP) is 3.19. The van der Waals surface area contributed by atoms with E-state index in [0.717, 1.165) is 15.7 Å². The van der Waals surface area contributed by atoms with Crippen LogP contribution in [-0.2, 0) is 4.84 Å². The summed E-state index contributed by atoms with van der Waals surface area (Å²) in [5.74, 6) is 0. The Morgan fingerprint density at radius 2 is 2.00 bits per heavy atom. The van der Waals surface area contributed by atoms with Crippen molar-refractivity contribution in [3.8, 4) is 0 Å². The second-order valence-electron chi connectivity index (χ2n) is 2.36. The average molecular weight is 307 g/mol. The summed E-state index contributed by atoms with van der Waals surface area (Å²) in [4.78, 5) is 4.73. The van der Waals surface area contributed by atoms with Crippen molar-refractivity contribution in [2.75, 3.05) is 12.4 Å². The summed E-state index contributed by atoms with van der Waals surface area (Å²) in [6.07, 6.45) is 0. The van der Waals surface area contributed by atoms with Crippen LogP contribution in [-0.4, -0.2) is 18.2 Å². The first-order valence-electron chi connectivity index (χ1n) is 3.70. The fraction of sp³-hybridized carbons (Fsp3) is 0.222. The van der Waals surface area contributed by atoms with Crippen LogP contribution in [0.1, 0.15) is 5.56 Å². The number of nitrogens with zero attached hydrogens (tertiary/aromatic N) is 1. The van der Waals surface area contributed by atoms with Gasteiger partial charge in [-0.3, -0.25) is 0 Å². The quantitative estimate of drug-likeness (QED) is 0.477. The van der Waals surface area contributed by atoms with Gasteiger partial charge in [0.1, 0.15) is 7.11 Å². The molecule has 0 heterocycles. The van der Waals surface area contributed by atoms with Crippen molar-refractivity contribution in [2.45, 2.75) is 0 Å². The van der Waals surface area contributed by atoms with Crippen LogP contribution in [0.2, 0.25) is 0 Å². The largest absolute Gasteiger partial charge is 0.399 e. The summed E-state index contributed by atoms with van der Waals surface area (Å²) in [7, 11) is 1.54. The molecule has 0 N–H and O–H groups in total. The molecule has 0 aliphatic carbocycles. The summed E-state index contributed by atoms with van der Waals surface area (Å²) in [6, 6.07) is 7.93. The van der Waals surface area contributed by atoms with Crippen LogP contribution in [0.25, 0.3) is 0 Å². The molecule has 1 aromatic carbocycles. The van der Waals surface area contributed by atoms with Gasteiger partial charge in [-0.2, -0.15) is 0 Å². The summed E-state index contributed by atoms with van der Waals surface area (Å²) in [5, 5.41) is 4.58. The molecule has 0 unspecified atom stereocenters. The molecule has 0 fully saturated rings. The first-order valence-corrected chi connectivity index (χ1v) is 5.61. The van der Waals surface area contributed by atoms with Gasteiger partial charge in [0, 0.05) is 15.4 Å².